The van der Waals surface area contributed by atoms with E-state index in [0.717, 1.165) is 12.8 Å². The molecule has 0 saturated carbocycles. The Morgan fingerprint density at radius 1 is 1.50 bits per heavy atom. The van der Waals surface area contributed by atoms with Gasteiger partial charge in [0, 0.05) is 13.7 Å². The van der Waals surface area contributed by atoms with E-state index in [1.165, 1.54) is 12.0 Å². The number of likely N-dealkylation sites (tertiary alicyclic amines) is 1. The van der Waals surface area contributed by atoms with Gasteiger partial charge in [-0.1, -0.05) is 0 Å². The summed E-state index contributed by atoms with van der Waals surface area (Å²) in [7, 11) is 1.46. The van der Waals surface area contributed by atoms with Gasteiger partial charge in [-0.05, 0) is 19.3 Å². The van der Waals surface area contributed by atoms with Crippen molar-refractivity contribution in [1.29, 1.82) is 0 Å². The lowest BCUT2D eigenvalue weighted by Gasteiger charge is -2.33. The van der Waals surface area contributed by atoms with Gasteiger partial charge in [0.1, 0.15) is 12.6 Å². The number of piperidine rings is 1. The number of carbonyl (C=O) groups excluding carboxylic acids is 2. The summed E-state index contributed by atoms with van der Waals surface area (Å²) in [5.41, 5.74) is 5.22. The van der Waals surface area contributed by atoms with Crippen molar-refractivity contribution >= 4 is 11.8 Å². The Kier molecular flexibility index (Phi) is 3.88. The van der Waals surface area contributed by atoms with E-state index in [-0.39, 0.29) is 12.5 Å². The molecule has 1 aliphatic rings. The number of nitrogens with two attached hydrogens (primary N) is 1. The van der Waals surface area contributed by atoms with Crippen LogP contribution in [0.2, 0.25) is 0 Å². The van der Waals surface area contributed by atoms with Crippen molar-refractivity contribution in [1.82, 2.24) is 4.90 Å². The molecule has 2 amide bonds. The van der Waals surface area contributed by atoms with Crippen LogP contribution >= 0.6 is 0 Å². The highest BCUT2D eigenvalue weighted by molar-refractivity contribution is 5.87. The molecule has 1 rings (SSSR count). The second-order valence-electron chi connectivity index (χ2n) is 3.43. The fourth-order valence-corrected chi connectivity index (χ4v) is 1.73. The number of amides is 2. The maximum Gasteiger partial charge on any atom is 0.249 e. The number of methoxy groups -OCH3 is 1. The van der Waals surface area contributed by atoms with Crippen molar-refractivity contribution in [3.8, 4) is 0 Å². The molecule has 0 aliphatic carbocycles. The van der Waals surface area contributed by atoms with Crippen LogP contribution in [0.25, 0.3) is 0 Å². The largest absolute Gasteiger partial charge is 0.375 e. The number of ether oxygens (including phenoxy) is 1. The Bertz CT molecular complexity index is 230. The van der Waals surface area contributed by atoms with Crippen LogP contribution in [0.3, 0.4) is 0 Å². The van der Waals surface area contributed by atoms with Gasteiger partial charge in [-0.2, -0.15) is 0 Å². The second kappa shape index (κ2) is 4.95. The molecule has 0 aromatic rings. The Balaban J connectivity index is 2.62. The maximum absolute atomic E-state index is 11.5. The molecule has 80 valence electrons. The summed E-state index contributed by atoms with van der Waals surface area (Å²) >= 11 is 0. The fraction of sp³-hybridized carbons (Fsp3) is 0.778. The van der Waals surface area contributed by atoms with Crippen molar-refractivity contribution < 1.29 is 14.3 Å². The predicted octanol–water partition coefficient (Wildman–Crippen LogP) is -0.501. The molecule has 5 heteroatoms. The van der Waals surface area contributed by atoms with Crippen molar-refractivity contribution in [2.75, 3.05) is 20.3 Å². The highest BCUT2D eigenvalue weighted by Crippen LogP contribution is 2.16. The van der Waals surface area contributed by atoms with Crippen LogP contribution < -0.4 is 5.73 Å². The zero-order valence-corrected chi connectivity index (χ0v) is 8.36. The monoisotopic (exact) mass is 200 g/mol. The average molecular weight is 200 g/mol. The third-order valence-corrected chi connectivity index (χ3v) is 2.42. The molecule has 0 spiro atoms. The number of carbonyl (C=O) groups is 2. The molecular weight excluding hydrogens is 184 g/mol. The molecule has 0 bridgehead atoms. The van der Waals surface area contributed by atoms with E-state index >= 15 is 0 Å². The van der Waals surface area contributed by atoms with Crippen LogP contribution in [0.5, 0.6) is 0 Å². The molecule has 14 heavy (non-hydrogen) atoms. The SMILES string of the molecule is COCC(=O)N1CCCC[C@H]1C(N)=O. The molecule has 0 aromatic carbocycles. The van der Waals surface area contributed by atoms with Gasteiger partial charge < -0.3 is 15.4 Å². The van der Waals surface area contributed by atoms with E-state index in [0.29, 0.717) is 13.0 Å². The molecule has 1 heterocycles. The summed E-state index contributed by atoms with van der Waals surface area (Å²) in [4.78, 5) is 24.1. The maximum atomic E-state index is 11.5. The van der Waals surface area contributed by atoms with E-state index in [1.54, 1.807) is 0 Å². The van der Waals surface area contributed by atoms with E-state index in [9.17, 15) is 9.59 Å². The molecule has 0 aromatic heterocycles. The van der Waals surface area contributed by atoms with Gasteiger partial charge >= 0.3 is 0 Å². The molecule has 5 nitrogen and oxygen atoms in total. The number of rotatable bonds is 3. The minimum Gasteiger partial charge on any atom is -0.375 e. The fourth-order valence-electron chi connectivity index (χ4n) is 1.73. The van der Waals surface area contributed by atoms with Crippen LogP contribution in [0.4, 0.5) is 0 Å². The van der Waals surface area contributed by atoms with E-state index in [2.05, 4.69) is 0 Å². The summed E-state index contributed by atoms with van der Waals surface area (Å²) in [6, 6.07) is -0.439. The van der Waals surface area contributed by atoms with E-state index in [4.69, 9.17) is 10.5 Å². The zero-order valence-electron chi connectivity index (χ0n) is 8.36. The Morgan fingerprint density at radius 2 is 2.21 bits per heavy atom. The summed E-state index contributed by atoms with van der Waals surface area (Å²) < 4.78 is 4.74. The van der Waals surface area contributed by atoms with Gasteiger partial charge in [-0.15, -0.1) is 0 Å². The Morgan fingerprint density at radius 3 is 2.79 bits per heavy atom. The predicted molar refractivity (Wildman–Crippen MR) is 50.4 cm³/mol. The number of primary amides is 1. The van der Waals surface area contributed by atoms with Crippen molar-refractivity contribution in [3.63, 3.8) is 0 Å². The second-order valence-corrected chi connectivity index (χ2v) is 3.43. The molecule has 1 aliphatic heterocycles. The molecule has 0 radical (unpaired) electrons. The van der Waals surface area contributed by atoms with Crippen LogP contribution in [-0.4, -0.2) is 43.0 Å². The van der Waals surface area contributed by atoms with Crippen LogP contribution in [0.1, 0.15) is 19.3 Å². The van der Waals surface area contributed by atoms with Gasteiger partial charge in [0.05, 0.1) is 0 Å². The summed E-state index contributed by atoms with van der Waals surface area (Å²) in [5.74, 6) is -0.579. The highest BCUT2D eigenvalue weighted by atomic mass is 16.5. The van der Waals surface area contributed by atoms with E-state index < -0.39 is 11.9 Å². The lowest BCUT2D eigenvalue weighted by Crippen LogP contribution is -2.51. The average Bonchev–Trinajstić information content (AvgIpc) is 2.18. The number of nitrogens with zero attached hydrogens (tertiary/aromatic N) is 1. The quantitative estimate of drug-likeness (QED) is 0.667. The Hall–Kier alpha value is -1.10. The first-order valence-electron chi connectivity index (χ1n) is 4.74. The lowest BCUT2D eigenvalue weighted by molar-refractivity contribution is -0.144. The third kappa shape index (κ3) is 2.45. The third-order valence-electron chi connectivity index (χ3n) is 2.42. The molecular formula is C9H16N2O3. The van der Waals surface area contributed by atoms with Gasteiger partial charge in [0.25, 0.3) is 0 Å². The zero-order chi connectivity index (χ0) is 10.6. The lowest BCUT2D eigenvalue weighted by atomic mass is 10.0. The number of hydrogen-bond acceptors (Lipinski definition) is 3. The summed E-state index contributed by atoms with van der Waals surface area (Å²) in [6.45, 7) is 0.625. The summed E-state index contributed by atoms with van der Waals surface area (Å²) in [6.07, 6.45) is 2.55. The molecule has 1 saturated heterocycles. The topological polar surface area (TPSA) is 72.6 Å². The van der Waals surface area contributed by atoms with Gasteiger partial charge in [0.2, 0.25) is 11.8 Å². The van der Waals surface area contributed by atoms with Crippen molar-refractivity contribution in [3.05, 3.63) is 0 Å². The molecule has 0 unspecified atom stereocenters. The van der Waals surface area contributed by atoms with Crippen LogP contribution in [0, 0.1) is 0 Å². The van der Waals surface area contributed by atoms with Gasteiger partial charge in [-0.3, -0.25) is 9.59 Å². The first kappa shape index (κ1) is 11.0. The van der Waals surface area contributed by atoms with Crippen molar-refractivity contribution in [2.24, 2.45) is 5.73 Å². The molecule has 2 N–H and O–H groups in total. The first-order valence-corrected chi connectivity index (χ1v) is 4.74. The smallest absolute Gasteiger partial charge is 0.249 e. The van der Waals surface area contributed by atoms with Crippen molar-refractivity contribution in [2.45, 2.75) is 25.3 Å². The van der Waals surface area contributed by atoms with Crippen LogP contribution in [0.15, 0.2) is 0 Å². The Labute approximate surface area is 83.2 Å². The highest BCUT2D eigenvalue weighted by Gasteiger charge is 2.30. The molecule has 1 fully saturated rings. The normalized spacial score (nSPS) is 22.1. The summed E-state index contributed by atoms with van der Waals surface area (Å²) in [5, 5.41) is 0. The first-order chi connectivity index (χ1) is 6.66. The minimum atomic E-state index is -0.439. The molecule has 1 atom stereocenters. The van der Waals surface area contributed by atoms with Gasteiger partial charge in [-0.25, -0.2) is 0 Å². The minimum absolute atomic E-state index is 0.0176. The number of hydrogen-bond donors (Lipinski definition) is 1. The van der Waals surface area contributed by atoms with Gasteiger partial charge in [0.15, 0.2) is 0 Å². The van der Waals surface area contributed by atoms with E-state index in [1.807, 2.05) is 0 Å². The van der Waals surface area contributed by atoms with Crippen LogP contribution in [-0.2, 0) is 14.3 Å². The standard InChI is InChI=1S/C9H16N2O3/c1-14-6-8(12)11-5-3-2-4-7(11)9(10)13/h7H,2-6H2,1H3,(H2,10,13)/t7-/m0/s1.